The van der Waals surface area contributed by atoms with Gasteiger partial charge in [0, 0.05) is 13.0 Å². The third-order valence-electron chi connectivity index (χ3n) is 2.37. The van der Waals surface area contributed by atoms with Crippen molar-refractivity contribution in [1.29, 1.82) is 0 Å². The molecule has 1 amide bonds. The van der Waals surface area contributed by atoms with E-state index >= 15 is 0 Å². The van der Waals surface area contributed by atoms with E-state index in [4.69, 9.17) is 5.11 Å². The minimum Gasteiger partial charge on any atom is -0.480 e. The van der Waals surface area contributed by atoms with Crippen molar-refractivity contribution in [3.05, 3.63) is 0 Å². The molecule has 0 bridgehead atoms. The molecule has 0 aliphatic rings. The Hall–Kier alpha value is -1.06. The van der Waals surface area contributed by atoms with Gasteiger partial charge in [-0.25, -0.2) is 0 Å². The highest BCUT2D eigenvalue weighted by atomic mass is 16.4. The number of carboxylic acid groups (broad SMARTS) is 1. The zero-order chi connectivity index (χ0) is 11.8. The Balaban J connectivity index is 4.09. The van der Waals surface area contributed by atoms with Gasteiger partial charge in [0.25, 0.3) is 0 Å². The van der Waals surface area contributed by atoms with Gasteiger partial charge in [-0.2, -0.15) is 0 Å². The zero-order valence-corrected chi connectivity index (χ0v) is 9.82. The molecule has 0 saturated carbocycles. The van der Waals surface area contributed by atoms with E-state index in [9.17, 15) is 9.59 Å². The lowest BCUT2D eigenvalue weighted by Crippen LogP contribution is -2.36. The molecule has 0 aliphatic carbocycles. The summed E-state index contributed by atoms with van der Waals surface area (Å²) in [5, 5.41) is 8.61. The molecule has 1 atom stereocenters. The maximum absolute atomic E-state index is 11.7. The molecule has 0 aliphatic heterocycles. The van der Waals surface area contributed by atoms with E-state index in [1.165, 1.54) is 4.90 Å². The third-order valence-corrected chi connectivity index (χ3v) is 2.37. The van der Waals surface area contributed by atoms with E-state index in [1.54, 1.807) is 6.92 Å². The summed E-state index contributed by atoms with van der Waals surface area (Å²) in [6.45, 7) is 6.18. The first-order valence-corrected chi connectivity index (χ1v) is 5.50. The van der Waals surface area contributed by atoms with Crippen LogP contribution < -0.4 is 0 Å². The Morgan fingerprint density at radius 3 is 2.33 bits per heavy atom. The van der Waals surface area contributed by atoms with Gasteiger partial charge in [0.1, 0.15) is 6.54 Å². The summed E-state index contributed by atoms with van der Waals surface area (Å²) in [5.74, 6) is -0.667. The minimum atomic E-state index is -0.951. The molecule has 0 aromatic heterocycles. The van der Waals surface area contributed by atoms with Crippen molar-refractivity contribution in [3.8, 4) is 0 Å². The van der Waals surface area contributed by atoms with Crippen molar-refractivity contribution in [2.75, 3.05) is 13.1 Å². The number of nitrogens with zero attached hydrogens (tertiary/aromatic N) is 1. The van der Waals surface area contributed by atoms with Gasteiger partial charge >= 0.3 is 5.97 Å². The molecule has 1 N–H and O–H groups in total. The lowest BCUT2D eigenvalue weighted by atomic mass is 10.0. The fourth-order valence-corrected chi connectivity index (χ4v) is 1.56. The Morgan fingerprint density at radius 1 is 1.33 bits per heavy atom. The SMILES string of the molecule is CCCC(C)CC(=O)N(CC)CC(=O)O. The predicted molar refractivity (Wildman–Crippen MR) is 58.6 cm³/mol. The molecule has 0 fully saturated rings. The van der Waals surface area contributed by atoms with Crippen LogP contribution in [0.25, 0.3) is 0 Å². The number of likely N-dealkylation sites (N-methyl/N-ethyl adjacent to an activating group) is 1. The first kappa shape index (κ1) is 13.9. The van der Waals surface area contributed by atoms with Gasteiger partial charge in [-0.05, 0) is 12.8 Å². The fourth-order valence-electron chi connectivity index (χ4n) is 1.56. The Labute approximate surface area is 91.3 Å². The summed E-state index contributed by atoms with van der Waals surface area (Å²) in [4.78, 5) is 23.5. The monoisotopic (exact) mass is 215 g/mol. The van der Waals surface area contributed by atoms with Gasteiger partial charge in [0.2, 0.25) is 5.91 Å². The maximum Gasteiger partial charge on any atom is 0.323 e. The first-order chi connectivity index (χ1) is 7.01. The highest BCUT2D eigenvalue weighted by Crippen LogP contribution is 2.11. The van der Waals surface area contributed by atoms with Crippen molar-refractivity contribution >= 4 is 11.9 Å². The standard InChI is InChI=1S/C11H21NO3/c1-4-6-9(3)7-10(13)12(5-2)8-11(14)15/h9H,4-8H2,1-3H3,(H,14,15). The van der Waals surface area contributed by atoms with E-state index in [0.29, 0.717) is 18.9 Å². The Bertz CT molecular complexity index is 216. The molecule has 0 aromatic carbocycles. The number of amides is 1. The van der Waals surface area contributed by atoms with Crippen LogP contribution in [0.15, 0.2) is 0 Å². The number of hydrogen-bond acceptors (Lipinski definition) is 2. The van der Waals surface area contributed by atoms with Crippen molar-refractivity contribution in [1.82, 2.24) is 4.90 Å². The van der Waals surface area contributed by atoms with Crippen molar-refractivity contribution in [2.24, 2.45) is 5.92 Å². The van der Waals surface area contributed by atoms with Gasteiger partial charge in [-0.3, -0.25) is 9.59 Å². The number of hydrogen-bond donors (Lipinski definition) is 1. The van der Waals surface area contributed by atoms with Crippen LogP contribution in [0.5, 0.6) is 0 Å². The summed E-state index contributed by atoms with van der Waals surface area (Å²) in [7, 11) is 0. The van der Waals surface area contributed by atoms with Gasteiger partial charge < -0.3 is 10.0 Å². The summed E-state index contributed by atoms with van der Waals surface area (Å²) < 4.78 is 0. The molecule has 0 aromatic rings. The molecule has 88 valence electrons. The van der Waals surface area contributed by atoms with Crippen molar-refractivity contribution in [2.45, 2.75) is 40.0 Å². The second kappa shape index (κ2) is 7.26. The van der Waals surface area contributed by atoms with Gasteiger partial charge in [-0.15, -0.1) is 0 Å². The van der Waals surface area contributed by atoms with E-state index < -0.39 is 5.97 Å². The Morgan fingerprint density at radius 2 is 1.93 bits per heavy atom. The van der Waals surface area contributed by atoms with E-state index in [1.807, 2.05) is 6.92 Å². The fraction of sp³-hybridized carbons (Fsp3) is 0.818. The van der Waals surface area contributed by atoms with Crippen LogP contribution in [0.1, 0.15) is 40.0 Å². The van der Waals surface area contributed by atoms with Gasteiger partial charge in [-0.1, -0.05) is 26.7 Å². The second-order valence-corrected chi connectivity index (χ2v) is 3.90. The number of carbonyl (C=O) groups is 2. The highest BCUT2D eigenvalue weighted by Gasteiger charge is 2.16. The summed E-state index contributed by atoms with van der Waals surface area (Å²) in [5.41, 5.74) is 0. The van der Waals surface area contributed by atoms with Crippen molar-refractivity contribution in [3.63, 3.8) is 0 Å². The van der Waals surface area contributed by atoms with Crippen LogP contribution in [0.4, 0.5) is 0 Å². The molecule has 0 saturated heterocycles. The number of rotatable bonds is 7. The van der Waals surface area contributed by atoms with Gasteiger partial charge in [0.15, 0.2) is 0 Å². The summed E-state index contributed by atoms with van der Waals surface area (Å²) in [6.07, 6.45) is 2.52. The summed E-state index contributed by atoms with van der Waals surface area (Å²) in [6, 6.07) is 0. The molecule has 0 heterocycles. The van der Waals surface area contributed by atoms with Crippen LogP contribution in [0.3, 0.4) is 0 Å². The van der Waals surface area contributed by atoms with Gasteiger partial charge in [0.05, 0.1) is 0 Å². The van der Waals surface area contributed by atoms with Crippen molar-refractivity contribution < 1.29 is 14.7 Å². The zero-order valence-electron chi connectivity index (χ0n) is 9.82. The lowest BCUT2D eigenvalue weighted by Gasteiger charge is -2.20. The topological polar surface area (TPSA) is 57.6 Å². The van der Waals surface area contributed by atoms with E-state index in [-0.39, 0.29) is 12.5 Å². The normalized spacial score (nSPS) is 12.2. The average Bonchev–Trinajstić information content (AvgIpc) is 2.13. The molecule has 4 nitrogen and oxygen atoms in total. The number of carbonyl (C=O) groups excluding carboxylic acids is 1. The van der Waals surface area contributed by atoms with Crippen LogP contribution in [0, 0.1) is 5.92 Å². The first-order valence-electron chi connectivity index (χ1n) is 5.50. The Kier molecular flexibility index (Phi) is 6.75. The average molecular weight is 215 g/mol. The smallest absolute Gasteiger partial charge is 0.323 e. The molecular weight excluding hydrogens is 194 g/mol. The lowest BCUT2D eigenvalue weighted by molar-refractivity contribution is -0.144. The van der Waals surface area contributed by atoms with E-state index in [2.05, 4.69) is 6.92 Å². The number of carboxylic acids is 1. The van der Waals surface area contributed by atoms with Crippen LogP contribution in [-0.2, 0) is 9.59 Å². The van der Waals surface area contributed by atoms with Crippen LogP contribution in [0.2, 0.25) is 0 Å². The van der Waals surface area contributed by atoms with Crippen LogP contribution in [-0.4, -0.2) is 35.0 Å². The largest absolute Gasteiger partial charge is 0.480 e. The van der Waals surface area contributed by atoms with E-state index in [0.717, 1.165) is 12.8 Å². The molecule has 0 spiro atoms. The quantitative estimate of drug-likeness (QED) is 0.703. The predicted octanol–water partition coefficient (Wildman–Crippen LogP) is 1.75. The minimum absolute atomic E-state index is 0.0548. The highest BCUT2D eigenvalue weighted by molar-refractivity contribution is 5.81. The molecule has 4 heteroatoms. The summed E-state index contributed by atoms with van der Waals surface area (Å²) >= 11 is 0. The van der Waals surface area contributed by atoms with Crippen LogP contribution >= 0.6 is 0 Å². The molecular formula is C11H21NO3. The third kappa shape index (κ3) is 6.10. The molecule has 15 heavy (non-hydrogen) atoms. The molecule has 1 unspecified atom stereocenters. The maximum atomic E-state index is 11.7. The molecule has 0 rings (SSSR count). The molecule has 0 radical (unpaired) electrons. The number of aliphatic carboxylic acids is 1. The second-order valence-electron chi connectivity index (χ2n) is 3.90.